The second-order valence-electron chi connectivity index (χ2n) is 4.77. The second kappa shape index (κ2) is 6.06. The highest BCUT2D eigenvalue weighted by molar-refractivity contribution is 7.80. The molecule has 1 aromatic heterocycles. The van der Waals surface area contributed by atoms with Gasteiger partial charge in [-0.25, -0.2) is 4.98 Å². The Bertz CT molecular complexity index is 410. The summed E-state index contributed by atoms with van der Waals surface area (Å²) in [7, 11) is 0. The molecule has 18 heavy (non-hydrogen) atoms. The molecule has 2 N–H and O–H groups in total. The Morgan fingerprint density at radius 1 is 1.50 bits per heavy atom. The Labute approximate surface area is 118 Å². The zero-order valence-electron chi connectivity index (χ0n) is 10.9. The summed E-state index contributed by atoms with van der Waals surface area (Å²) in [4.78, 5) is 9.90. The van der Waals surface area contributed by atoms with E-state index in [2.05, 4.69) is 27.1 Å². The van der Waals surface area contributed by atoms with E-state index in [0.717, 1.165) is 38.4 Å². The van der Waals surface area contributed by atoms with Gasteiger partial charge in [0.05, 0.1) is 17.6 Å². The van der Waals surface area contributed by atoms with Crippen molar-refractivity contribution in [3.8, 4) is 0 Å². The van der Waals surface area contributed by atoms with E-state index in [-0.39, 0.29) is 6.04 Å². The number of piperazine rings is 1. The SMILES string of the molecule is Cc1csc(CN2CCN(C(C)C(N)=S)CC2)n1. The zero-order valence-corrected chi connectivity index (χ0v) is 12.6. The normalized spacial score (nSPS) is 19.9. The van der Waals surface area contributed by atoms with E-state index < -0.39 is 0 Å². The summed E-state index contributed by atoms with van der Waals surface area (Å²) in [5.74, 6) is 0. The van der Waals surface area contributed by atoms with Crippen molar-refractivity contribution < 1.29 is 0 Å². The lowest BCUT2D eigenvalue weighted by molar-refractivity contribution is 0.118. The lowest BCUT2D eigenvalue weighted by atomic mass is 10.2. The Kier molecular flexibility index (Phi) is 4.66. The first kappa shape index (κ1) is 13.9. The Hall–Kier alpha value is -0.560. The van der Waals surface area contributed by atoms with Crippen LogP contribution in [0.25, 0.3) is 0 Å². The van der Waals surface area contributed by atoms with E-state index in [4.69, 9.17) is 18.0 Å². The highest BCUT2D eigenvalue weighted by Crippen LogP contribution is 2.14. The van der Waals surface area contributed by atoms with Crippen LogP contribution in [0.3, 0.4) is 0 Å². The average molecular weight is 284 g/mol. The smallest absolute Gasteiger partial charge is 0.107 e. The molecular weight excluding hydrogens is 264 g/mol. The second-order valence-corrected chi connectivity index (χ2v) is 6.19. The van der Waals surface area contributed by atoms with Crippen molar-refractivity contribution in [1.82, 2.24) is 14.8 Å². The number of hydrogen-bond acceptors (Lipinski definition) is 5. The van der Waals surface area contributed by atoms with E-state index in [9.17, 15) is 0 Å². The highest BCUT2D eigenvalue weighted by Gasteiger charge is 2.22. The maximum Gasteiger partial charge on any atom is 0.107 e. The monoisotopic (exact) mass is 284 g/mol. The van der Waals surface area contributed by atoms with E-state index in [1.807, 2.05) is 6.92 Å². The van der Waals surface area contributed by atoms with Gasteiger partial charge in [-0.3, -0.25) is 9.80 Å². The van der Waals surface area contributed by atoms with Crippen LogP contribution in [-0.4, -0.2) is 52.0 Å². The van der Waals surface area contributed by atoms with E-state index >= 15 is 0 Å². The molecule has 0 radical (unpaired) electrons. The molecule has 1 aromatic rings. The van der Waals surface area contributed by atoms with Crippen molar-refractivity contribution in [3.63, 3.8) is 0 Å². The molecule has 0 spiro atoms. The van der Waals surface area contributed by atoms with Crippen LogP contribution in [0.4, 0.5) is 0 Å². The van der Waals surface area contributed by atoms with Crippen molar-refractivity contribution in [2.24, 2.45) is 5.73 Å². The van der Waals surface area contributed by atoms with Gasteiger partial charge in [-0.05, 0) is 13.8 Å². The maximum absolute atomic E-state index is 5.70. The fourth-order valence-corrected chi connectivity index (χ4v) is 3.12. The van der Waals surface area contributed by atoms with Crippen molar-refractivity contribution in [1.29, 1.82) is 0 Å². The van der Waals surface area contributed by atoms with Crippen LogP contribution in [0.5, 0.6) is 0 Å². The number of nitrogens with zero attached hydrogens (tertiary/aromatic N) is 3. The molecule has 1 atom stereocenters. The summed E-state index contributed by atoms with van der Waals surface area (Å²) in [6.45, 7) is 9.28. The van der Waals surface area contributed by atoms with E-state index in [1.165, 1.54) is 5.01 Å². The molecule has 0 bridgehead atoms. The van der Waals surface area contributed by atoms with E-state index in [1.54, 1.807) is 11.3 Å². The Balaban J connectivity index is 1.81. The fraction of sp³-hybridized carbons (Fsp3) is 0.667. The predicted octanol–water partition coefficient (Wildman–Crippen LogP) is 1.24. The standard InChI is InChI=1S/C12H20N4S2/c1-9-8-18-11(14-9)7-15-3-5-16(6-4-15)10(2)12(13)17/h8,10H,3-7H2,1-2H3,(H2,13,17). The largest absolute Gasteiger partial charge is 0.392 e. The number of hydrogen-bond donors (Lipinski definition) is 1. The topological polar surface area (TPSA) is 45.4 Å². The third kappa shape index (κ3) is 3.47. The third-order valence-electron chi connectivity index (χ3n) is 3.39. The summed E-state index contributed by atoms with van der Waals surface area (Å²) >= 11 is 6.80. The molecule has 100 valence electrons. The molecule has 2 heterocycles. The number of rotatable bonds is 4. The van der Waals surface area contributed by atoms with Crippen LogP contribution in [0.15, 0.2) is 5.38 Å². The lowest BCUT2D eigenvalue weighted by Gasteiger charge is -2.37. The molecule has 1 aliphatic rings. The zero-order chi connectivity index (χ0) is 13.1. The molecule has 2 rings (SSSR count). The maximum atomic E-state index is 5.70. The molecule has 1 aliphatic heterocycles. The molecule has 1 unspecified atom stereocenters. The van der Waals surface area contributed by atoms with Gasteiger partial charge in [-0.1, -0.05) is 12.2 Å². The molecule has 0 aliphatic carbocycles. The van der Waals surface area contributed by atoms with Gasteiger partial charge in [-0.2, -0.15) is 0 Å². The minimum absolute atomic E-state index is 0.212. The number of aryl methyl sites for hydroxylation is 1. The Morgan fingerprint density at radius 3 is 2.67 bits per heavy atom. The van der Waals surface area contributed by atoms with Gasteiger partial charge >= 0.3 is 0 Å². The summed E-state index contributed by atoms with van der Waals surface area (Å²) in [5, 5.41) is 3.32. The summed E-state index contributed by atoms with van der Waals surface area (Å²) in [6.07, 6.45) is 0. The van der Waals surface area contributed by atoms with Crippen LogP contribution in [0, 0.1) is 6.92 Å². The minimum Gasteiger partial charge on any atom is -0.392 e. The predicted molar refractivity (Wildman–Crippen MR) is 79.9 cm³/mol. The fourth-order valence-electron chi connectivity index (χ4n) is 2.16. The quantitative estimate of drug-likeness (QED) is 0.843. The summed E-state index contributed by atoms with van der Waals surface area (Å²) < 4.78 is 0. The van der Waals surface area contributed by atoms with Crippen LogP contribution < -0.4 is 5.73 Å². The molecule has 0 aromatic carbocycles. The van der Waals surface area contributed by atoms with Gasteiger partial charge in [0.15, 0.2) is 0 Å². The van der Waals surface area contributed by atoms with Crippen LogP contribution in [0.1, 0.15) is 17.6 Å². The highest BCUT2D eigenvalue weighted by atomic mass is 32.1. The van der Waals surface area contributed by atoms with E-state index in [0.29, 0.717) is 4.99 Å². The molecule has 0 saturated carbocycles. The van der Waals surface area contributed by atoms with Crippen LogP contribution in [0.2, 0.25) is 0 Å². The minimum atomic E-state index is 0.212. The summed E-state index contributed by atoms with van der Waals surface area (Å²) in [6, 6.07) is 0.212. The average Bonchev–Trinajstić information content (AvgIpc) is 2.75. The molecule has 1 saturated heterocycles. The molecule has 4 nitrogen and oxygen atoms in total. The van der Waals surface area contributed by atoms with Crippen molar-refractivity contribution in [2.75, 3.05) is 26.2 Å². The lowest BCUT2D eigenvalue weighted by Crippen LogP contribution is -2.52. The number of nitrogens with two attached hydrogens (primary N) is 1. The molecule has 1 fully saturated rings. The first-order chi connectivity index (χ1) is 8.56. The summed E-state index contributed by atoms with van der Waals surface area (Å²) in [5.41, 5.74) is 6.82. The van der Waals surface area contributed by atoms with Crippen molar-refractivity contribution in [3.05, 3.63) is 16.1 Å². The van der Waals surface area contributed by atoms with Crippen LogP contribution in [-0.2, 0) is 6.54 Å². The Morgan fingerprint density at radius 2 is 2.17 bits per heavy atom. The number of aromatic nitrogens is 1. The van der Waals surface area contributed by atoms with Crippen molar-refractivity contribution >= 4 is 28.5 Å². The first-order valence-corrected chi connectivity index (χ1v) is 7.52. The van der Waals surface area contributed by atoms with Gasteiger partial charge in [0.2, 0.25) is 0 Å². The molecular formula is C12H20N4S2. The van der Waals surface area contributed by atoms with Gasteiger partial charge in [-0.15, -0.1) is 11.3 Å². The van der Waals surface area contributed by atoms with Crippen molar-refractivity contribution in [2.45, 2.75) is 26.4 Å². The van der Waals surface area contributed by atoms with Gasteiger partial charge in [0.25, 0.3) is 0 Å². The number of thiazole rings is 1. The molecule has 0 amide bonds. The third-order valence-corrected chi connectivity index (χ3v) is 4.68. The van der Waals surface area contributed by atoms with Crippen LogP contribution >= 0.6 is 23.6 Å². The first-order valence-electron chi connectivity index (χ1n) is 6.23. The van der Waals surface area contributed by atoms with Gasteiger partial charge in [0.1, 0.15) is 5.01 Å². The number of thiocarbonyl (C=S) groups is 1. The van der Waals surface area contributed by atoms with Gasteiger partial charge < -0.3 is 5.73 Å². The van der Waals surface area contributed by atoms with Gasteiger partial charge in [0, 0.05) is 37.3 Å². The molecule has 6 heteroatoms.